The first-order valence-corrected chi connectivity index (χ1v) is 11.7. The normalized spacial score (nSPS) is 12.6. The van der Waals surface area contributed by atoms with E-state index in [0.29, 0.717) is 13.2 Å². The topological polar surface area (TPSA) is 82.1 Å². The zero-order valence-corrected chi connectivity index (χ0v) is 19.8. The fourth-order valence-electron chi connectivity index (χ4n) is 3.53. The van der Waals surface area contributed by atoms with Gasteiger partial charge in [0.2, 0.25) is 0 Å². The summed E-state index contributed by atoms with van der Waals surface area (Å²) in [6.45, 7) is 1.18. The Morgan fingerprint density at radius 2 is 1.23 bits per heavy atom. The summed E-state index contributed by atoms with van der Waals surface area (Å²) in [6, 6.07) is 28.8. The number of ether oxygens (including phenoxy) is 3. The lowest BCUT2D eigenvalue weighted by atomic mass is 10.0. The van der Waals surface area contributed by atoms with Gasteiger partial charge < -0.3 is 19.3 Å². The van der Waals surface area contributed by atoms with Crippen LogP contribution in [0.3, 0.4) is 0 Å². The Kier molecular flexibility index (Phi) is 11.1. The molecule has 0 aliphatic rings. The van der Waals surface area contributed by atoms with E-state index in [-0.39, 0.29) is 38.3 Å². The number of Topliss-reactive ketones (excluding diaryl/α,β-unsaturated/α-hetero) is 1. The number of aliphatic hydroxyl groups is 1. The van der Waals surface area contributed by atoms with Crippen molar-refractivity contribution < 1.29 is 28.9 Å². The lowest BCUT2D eigenvalue weighted by molar-refractivity contribution is -0.147. The maximum Gasteiger partial charge on any atom is 0.313 e. The van der Waals surface area contributed by atoms with Crippen LogP contribution in [-0.2, 0) is 43.6 Å². The lowest BCUT2D eigenvalue weighted by Gasteiger charge is -2.21. The van der Waals surface area contributed by atoms with Gasteiger partial charge in [0.1, 0.15) is 18.8 Å². The van der Waals surface area contributed by atoms with Crippen LogP contribution in [0.4, 0.5) is 0 Å². The van der Waals surface area contributed by atoms with Gasteiger partial charge in [-0.1, -0.05) is 91.0 Å². The number of rotatable bonds is 15. The summed E-state index contributed by atoms with van der Waals surface area (Å²) < 4.78 is 17.0. The summed E-state index contributed by atoms with van der Waals surface area (Å²) in [5.41, 5.74) is 2.90. The quantitative estimate of drug-likeness (QED) is 0.254. The van der Waals surface area contributed by atoms with E-state index >= 15 is 0 Å². The van der Waals surface area contributed by atoms with E-state index in [9.17, 15) is 14.7 Å². The Balaban J connectivity index is 1.44. The van der Waals surface area contributed by atoms with Crippen molar-refractivity contribution in [2.75, 3.05) is 6.61 Å². The minimum absolute atomic E-state index is 0.115. The highest BCUT2D eigenvalue weighted by molar-refractivity contribution is 5.95. The Morgan fingerprint density at radius 3 is 1.80 bits per heavy atom. The Bertz CT molecular complexity index is 1010. The molecule has 184 valence electrons. The molecule has 2 atom stereocenters. The summed E-state index contributed by atoms with van der Waals surface area (Å²) in [6.07, 6.45) is -1.67. The minimum Gasteiger partial charge on any atom is -0.460 e. The highest BCUT2D eigenvalue weighted by atomic mass is 16.5. The van der Waals surface area contributed by atoms with Crippen LogP contribution in [0.2, 0.25) is 0 Å². The molecule has 3 rings (SSSR count). The van der Waals surface area contributed by atoms with Gasteiger partial charge in [-0.15, -0.1) is 0 Å². The van der Waals surface area contributed by atoms with Crippen LogP contribution in [-0.4, -0.2) is 35.7 Å². The third-order valence-corrected chi connectivity index (χ3v) is 5.33. The first-order valence-electron chi connectivity index (χ1n) is 11.7. The molecule has 0 aliphatic carbocycles. The fourth-order valence-corrected chi connectivity index (χ4v) is 3.53. The molecule has 0 amide bonds. The summed E-state index contributed by atoms with van der Waals surface area (Å²) in [5, 5.41) is 10.5. The van der Waals surface area contributed by atoms with Crippen molar-refractivity contribution in [1.29, 1.82) is 0 Å². The summed E-state index contributed by atoms with van der Waals surface area (Å²) in [5.74, 6) is -0.975. The number of benzene rings is 3. The van der Waals surface area contributed by atoms with E-state index in [1.165, 1.54) is 0 Å². The molecule has 0 radical (unpaired) electrons. The number of carbonyl (C=O) groups is 2. The van der Waals surface area contributed by atoms with Crippen LogP contribution >= 0.6 is 0 Å². The number of hydrogen-bond acceptors (Lipinski definition) is 6. The van der Waals surface area contributed by atoms with E-state index in [0.717, 1.165) is 16.7 Å². The predicted molar refractivity (Wildman–Crippen MR) is 132 cm³/mol. The van der Waals surface area contributed by atoms with Crippen LogP contribution < -0.4 is 0 Å². The SMILES string of the molecule is O=C(CC(=O)OCc1ccccc1)CC(O)C[C@@H](COCc1ccccc1)OCc1ccccc1. The van der Waals surface area contributed by atoms with Crippen molar-refractivity contribution in [2.45, 2.75) is 51.3 Å². The van der Waals surface area contributed by atoms with Gasteiger partial charge in [0.15, 0.2) is 0 Å². The molecule has 0 saturated heterocycles. The number of carbonyl (C=O) groups excluding carboxylic acids is 2. The molecule has 0 bridgehead atoms. The zero-order chi connectivity index (χ0) is 24.7. The number of hydrogen-bond donors (Lipinski definition) is 1. The number of esters is 1. The van der Waals surface area contributed by atoms with Gasteiger partial charge in [0, 0.05) is 12.8 Å². The molecule has 6 heteroatoms. The number of ketones is 1. The molecule has 1 unspecified atom stereocenters. The summed E-state index contributed by atoms with van der Waals surface area (Å²) in [7, 11) is 0. The molecule has 0 saturated carbocycles. The van der Waals surface area contributed by atoms with E-state index in [2.05, 4.69) is 0 Å². The van der Waals surface area contributed by atoms with E-state index in [1.54, 1.807) is 0 Å². The molecule has 0 aliphatic heterocycles. The third-order valence-electron chi connectivity index (χ3n) is 5.33. The van der Waals surface area contributed by atoms with Gasteiger partial charge >= 0.3 is 5.97 Å². The molecule has 0 spiro atoms. The molecular formula is C29H32O6. The molecule has 35 heavy (non-hydrogen) atoms. The van der Waals surface area contributed by atoms with Crippen molar-refractivity contribution in [3.63, 3.8) is 0 Å². The maximum atomic E-state index is 12.3. The molecule has 1 N–H and O–H groups in total. The smallest absolute Gasteiger partial charge is 0.313 e. The second kappa shape index (κ2) is 14.8. The highest BCUT2D eigenvalue weighted by Crippen LogP contribution is 2.13. The summed E-state index contributed by atoms with van der Waals surface area (Å²) in [4.78, 5) is 24.3. The van der Waals surface area contributed by atoms with E-state index < -0.39 is 18.2 Å². The van der Waals surface area contributed by atoms with Gasteiger partial charge in [-0.25, -0.2) is 0 Å². The van der Waals surface area contributed by atoms with Crippen molar-refractivity contribution in [3.8, 4) is 0 Å². The maximum absolute atomic E-state index is 12.3. The first kappa shape index (κ1) is 26.3. The lowest BCUT2D eigenvalue weighted by Crippen LogP contribution is -2.27. The second-order valence-corrected chi connectivity index (χ2v) is 8.37. The molecule has 0 heterocycles. The average molecular weight is 477 g/mol. The van der Waals surface area contributed by atoms with Crippen molar-refractivity contribution >= 4 is 11.8 Å². The fraction of sp³-hybridized carbons (Fsp3) is 0.310. The zero-order valence-electron chi connectivity index (χ0n) is 19.8. The summed E-state index contributed by atoms with van der Waals surface area (Å²) >= 11 is 0. The van der Waals surface area contributed by atoms with Gasteiger partial charge in [0.05, 0.1) is 32.0 Å². The molecule has 3 aromatic carbocycles. The number of aliphatic hydroxyl groups excluding tert-OH is 1. The van der Waals surface area contributed by atoms with Crippen LogP contribution in [0.25, 0.3) is 0 Å². The standard InChI is InChI=1S/C29H32O6/c30-26(16-27(31)18-29(32)35-21-25-14-8-3-9-15-25)17-28(34-20-24-12-6-2-7-13-24)22-33-19-23-10-4-1-5-11-23/h1-15,26,28,30H,16-22H2/t26?,28-/m0/s1. The van der Waals surface area contributed by atoms with Crippen LogP contribution in [0.5, 0.6) is 0 Å². The van der Waals surface area contributed by atoms with Crippen molar-refractivity contribution in [2.24, 2.45) is 0 Å². The van der Waals surface area contributed by atoms with Crippen molar-refractivity contribution in [3.05, 3.63) is 108 Å². The molecule has 3 aromatic rings. The average Bonchev–Trinajstić information content (AvgIpc) is 2.87. The van der Waals surface area contributed by atoms with Crippen LogP contribution in [0.1, 0.15) is 36.0 Å². The first-order chi connectivity index (χ1) is 17.1. The van der Waals surface area contributed by atoms with Gasteiger partial charge in [-0.05, 0) is 16.7 Å². The van der Waals surface area contributed by atoms with Crippen LogP contribution in [0.15, 0.2) is 91.0 Å². The molecule has 0 fully saturated rings. The Morgan fingerprint density at radius 1 is 0.714 bits per heavy atom. The van der Waals surface area contributed by atoms with Crippen molar-refractivity contribution in [1.82, 2.24) is 0 Å². The van der Waals surface area contributed by atoms with Crippen LogP contribution in [0, 0.1) is 0 Å². The van der Waals surface area contributed by atoms with E-state index in [1.807, 2.05) is 91.0 Å². The largest absolute Gasteiger partial charge is 0.460 e. The monoisotopic (exact) mass is 476 g/mol. The van der Waals surface area contributed by atoms with E-state index in [4.69, 9.17) is 14.2 Å². The van der Waals surface area contributed by atoms with Gasteiger partial charge in [-0.3, -0.25) is 9.59 Å². The Hall–Kier alpha value is -3.32. The Labute approximate surface area is 206 Å². The van der Waals surface area contributed by atoms with Gasteiger partial charge in [-0.2, -0.15) is 0 Å². The molecular weight excluding hydrogens is 444 g/mol. The minimum atomic E-state index is -0.953. The molecule has 6 nitrogen and oxygen atoms in total. The van der Waals surface area contributed by atoms with Gasteiger partial charge in [0.25, 0.3) is 0 Å². The second-order valence-electron chi connectivity index (χ2n) is 8.37. The molecule has 0 aromatic heterocycles. The predicted octanol–water partition coefficient (Wildman–Crippen LogP) is 4.63. The highest BCUT2D eigenvalue weighted by Gasteiger charge is 2.20. The third kappa shape index (κ3) is 10.6.